The van der Waals surface area contributed by atoms with Crippen LogP contribution in [0.3, 0.4) is 0 Å². The molecule has 0 atom stereocenters. The summed E-state index contributed by atoms with van der Waals surface area (Å²) >= 11 is 6.07. The van der Waals surface area contributed by atoms with E-state index in [1.807, 2.05) is 0 Å². The summed E-state index contributed by atoms with van der Waals surface area (Å²) in [5.41, 5.74) is 1.97. The van der Waals surface area contributed by atoms with E-state index in [0.717, 1.165) is 18.3 Å². The number of carbonyl (C=O) groups is 1. The average molecular weight is 557 g/mol. The highest BCUT2D eigenvalue weighted by molar-refractivity contribution is 7.87. The molecule has 0 heterocycles. The van der Waals surface area contributed by atoms with E-state index in [0.29, 0.717) is 23.4 Å². The fraction of sp³-hybridized carbons (Fsp3) is 0.167. The second-order valence-corrected chi connectivity index (χ2v) is 9.39. The van der Waals surface area contributed by atoms with Crippen molar-refractivity contribution < 1.29 is 40.0 Å². The van der Waals surface area contributed by atoms with Crippen molar-refractivity contribution in [2.45, 2.75) is 17.5 Å². The number of alkyl halides is 3. The Morgan fingerprint density at radius 1 is 1.05 bits per heavy atom. The lowest BCUT2D eigenvalue weighted by molar-refractivity contribution is -0.137. The molecular formula is C24H20ClF3N2O6S. The van der Waals surface area contributed by atoms with Crippen LogP contribution in [0.15, 0.2) is 70.7 Å². The summed E-state index contributed by atoms with van der Waals surface area (Å²) in [6, 6.07) is 12.2. The van der Waals surface area contributed by atoms with Crippen LogP contribution in [0.1, 0.15) is 16.7 Å². The highest BCUT2D eigenvalue weighted by Crippen LogP contribution is 2.36. The number of ether oxygens (including phenoxy) is 2. The SMILES string of the molecule is COc1cccc(CC(=O)NN=Cc2cc(Cl)cc(OC)c2OS(=O)(=O)c2ccc(C(F)(F)F)cc2)c1. The first-order chi connectivity index (χ1) is 17.4. The van der Waals surface area contributed by atoms with E-state index >= 15 is 0 Å². The van der Waals surface area contributed by atoms with Gasteiger partial charge >= 0.3 is 16.3 Å². The first-order valence-corrected chi connectivity index (χ1v) is 12.2. The second-order valence-electron chi connectivity index (χ2n) is 7.41. The number of hydrogen-bond donors (Lipinski definition) is 1. The van der Waals surface area contributed by atoms with Gasteiger partial charge in [-0.25, -0.2) is 5.43 Å². The topological polar surface area (TPSA) is 103 Å². The Bertz CT molecular complexity index is 1410. The summed E-state index contributed by atoms with van der Waals surface area (Å²) in [6.07, 6.45) is -3.56. The van der Waals surface area contributed by atoms with Crippen LogP contribution in [0.25, 0.3) is 0 Å². The molecule has 0 unspecified atom stereocenters. The Labute approximate surface area is 215 Å². The highest BCUT2D eigenvalue weighted by atomic mass is 35.5. The maximum Gasteiger partial charge on any atom is 0.416 e. The first-order valence-electron chi connectivity index (χ1n) is 10.4. The molecule has 37 heavy (non-hydrogen) atoms. The molecule has 3 rings (SSSR count). The zero-order valence-corrected chi connectivity index (χ0v) is 20.9. The zero-order valence-electron chi connectivity index (χ0n) is 19.4. The molecule has 196 valence electrons. The normalized spacial score (nSPS) is 11.8. The van der Waals surface area contributed by atoms with Crippen LogP contribution in [-0.4, -0.2) is 34.8 Å². The summed E-state index contributed by atoms with van der Waals surface area (Å²) < 4.78 is 79.5. The molecule has 8 nitrogen and oxygen atoms in total. The Hall–Kier alpha value is -3.77. The lowest BCUT2D eigenvalue weighted by Gasteiger charge is -2.14. The number of amides is 1. The van der Waals surface area contributed by atoms with Crippen LogP contribution in [-0.2, 0) is 27.5 Å². The van der Waals surface area contributed by atoms with Gasteiger partial charge in [0.25, 0.3) is 0 Å². The third-order valence-electron chi connectivity index (χ3n) is 4.82. The summed E-state index contributed by atoms with van der Waals surface area (Å²) in [7, 11) is -1.85. The largest absolute Gasteiger partial charge is 0.497 e. The number of nitrogens with one attached hydrogen (secondary N) is 1. The number of hydrazone groups is 1. The van der Waals surface area contributed by atoms with Crippen molar-refractivity contribution in [3.05, 3.63) is 82.4 Å². The van der Waals surface area contributed by atoms with Crippen molar-refractivity contribution in [2.75, 3.05) is 14.2 Å². The molecule has 1 amide bonds. The van der Waals surface area contributed by atoms with E-state index in [2.05, 4.69) is 10.5 Å². The number of rotatable bonds is 9. The van der Waals surface area contributed by atoms with Crippen LogP contribution in [0.4, 0.5) is 13.2 Å². The first kappa shape index (κ1) is 27.8. The van der Waals surface area contributed by atoms with E-state index < -0.39 is 32.7 Å². The van der Waals surface area contributed by atoms with Gasteiger partial charge in [-0.15, -0.1) is 0 Å². The van der Waals surface area contributed by atoms with E-state index in [1.54, 1.807) is 24.3 Å². The van der Waals surface area contributed by atoms with Gasteiger partial charge in [0, 0.05) is 16.7 Å². The monoisotopic (exact) mass is 556 g/mol. The minimum atomic E-state index is -4.64. The summed E-state index contributed by atoms with van der Waals surface area (Å²) in [4.78, 5) is 11.7. The van der Waals surface area contributed by atoms with E-state index in [9.17, 15) is 26.4 Å². The molecule has 0 aliphatic heterocycles. The van der Waals surface area contributed by atoms with Crippen LogP contribution < -0.4 is 19.1 Å². The molecule has 3 aromatic rings. The Balaban J connectivity index is 1.83. The van der Waals surface area contributed by atoms with Gasteiger partial charge in [-0.2, -0.15) is 26.7 Å². The smallest absolute Gasteiger partial charge is 0.416 e. The summed E-state index contributed by atoms with van der Waals surface area (Å²) in [6.45, 7) is 0. The number of halogens is 4. The molecule has 0 bridgehead atoms. The van der Waals surface area contributed by atoms with Crippen molar-refractivity contribution in [3.63, 3.8) is 0 Å². The number of methoxy groups -OCH3 is 2. The van der Waals surface area contributed by atoms with Crippen molar-refractivity contribution in [3.8, 4) is 17.2 Å². The number of benzene rings is 3. The molecule has 0 spiro atoms. The van der Waals surface area contributed by atoms with Crippen LogP contribution >= 0.6 is 11.6 Å². The minimum absolute atomic E-state index is 0.0148. The van der Waals surface area contributed by atoms with E-state index in [1.165, 1.54) is 26.4 Å². The van der Waals surface area contributed by atoms with Gasteiger partial charge in [-0.05, 0) is 48.0 Å². The lowest BCUT2D eigenvalue weighted by atomic mass is 10.1. The molecule has 0 aliphatic carbocycles. The van der Waals surface area contributed by atoms with Gasteiger partial charge in [0.05, 0.1) is 32.4 Å². The Morgan fingerprint density at radius 2 is 1.76 bits per heavy atom. The third kappa shape index (κ3) is 7.37. The molecule has 13 heteroatoms. The third-order valence-corrected chi connectivity index (χ3v) is 6.28. The Kier molecular flexibility index (Phi) is 8.66. The molecule has 0 saturated heterocycles. The zero-order chi connectivity index (χ0) is 27.2. The maximum atomic E-state index is 12.8. The van der Waals surface area contributed by atoms with Gasteiger partial charge < -0.3 is 13.7 Å². The second kappa shape index (κ2) is 11.5. The van der Waals surface area contributed by atoms with Gasteiger partial charge in [-0.1, -0.05) is 23.7 Å². The molecule has 0 aliphatic rings. The van der Waals surface area contributed by atoms with Gasteiger partial charge in [-0.3, -0.25) is 4.79 Å². The van der Waals surface area contributed by atoms with Crippen LogP contribution in [0, 0.1) is 0 Å². The van der Waals surface area contributed by atoms with Crippen molar-refractivity contribution in [1.82, 2.24) is 5.43 Å². The minimum Gasteiger partial charge on any atom is -0.497 e. The molecule has 3 aromatic carbocycles. The molecule has 0 aromatic heterocycles. The molecule has 1 N–H and O–H groups in total. The molecule has 0 fully saturated rings. The highest BCUT2D eigenvalue weighted by Gasteiger charge is 2.31. The van der Waals surface area contributed by atoms with E-state index in [4.69, 9.17) is 25.3 Å². The van der Waals surface area contributed by atoms with E-state index in [-0.39, 0.29) is 28.5 Å². The molecule has 0 saturated carbocycles. The lowest BCUT2D eigenvalue weighted by Crippen LogP contribution is -2.20. The molecular weight excluding hydrogens is 537 g/mol. The molecule has 0 radical (unpaired) electrons. The van der Waals surface area contributed by atoms with Gasteiger partial charge in [0.15, 0.2) is 11.5 Å². The number of nitrogens with zero attached hydrogens (tertiary/aromatic N) is 1. The van der Waals surface area contributed by atoms with Crippen LogP contribution in [0.5, 0.6) is 17.2 Å². The number of carbonyl (C=O) groups excluding carboxylic acids is 1. The quantitative estimate of drug-likeness (QED) is 0.230. The predicted molar refractivity (Wildman–Crippen MR) is 130 cm³/mol. The van der Waals surface area contributed by atoms with Crippen molar-refractivity contribution >= 4 is 33.8 Å². The standard InChI is InChI=1S/C24H20ClF3N2O6S/c1-34-19-5-3-4-15(10-19)11-22(31)30-29-14-16-12-18(25)13-21(35-2)23(16)36-37(32,33)20-8-6-17(7-9-20)24(26,27)28/h3-10,12-14H,11H2,1-2H3,(H,30,31). The van der Waals surface area contributed by atoms with Crippen molar-refractivity contribution in [2.24, 2.45) is 5.10 Å². The summed E-state index contributed by atoms with van der Waals surface area (Å²) in [5, 5.41) is 3.97. The number of hydrogen-bond acceptors (Lipinski definition) is 7. The Morgan fingerprint density at radius 3 is 2.38 bits per heavy atom. The fourth-order valence-electron chi connectivity index (χ4n) is 3.08. The fourth-order valence-corrected chi connectivity index (χ4v) is 4.26. The van der Waals surface area contributed by atoms with Gasteiger partial charge in [0.1, 0.15) is 10.6 Å². The predicted octanol–water partition coefficient (Wildman–Crippen LogP) is 4.84. The van der Waals surface area contributed by atoms with Crippen molar-refractivity contribution in [1.29, 1.82) is 0 Å². The van der Waals surface area contributed by atoms with Gasteiger partial charge in [0.2, 0.25) is 5.91 Å². The maximum absolute atomic E-state index is 12.8. The summed E-state index contributed by atoms with van der Waals surface area (Å²) in [5.74, 6) is -0.320. The van der Waals surface area contributed by atoms with Crippen LogP contribution in [0.2, 0.25) is 5.02 Å². The average Bonchev–Trinajstić information content (AvgIpc) is 2.85.